The van der Waals surface area contributed by atoms with Crippen LogP contribution in [0.4, 0.5) is 17.5 Å². The van der Waals surface area contributed by atoms with Gasteiger partial charge in [-0.2, -0.15) is 9.97 Å². The Balaban J connectivity index is 3.36. The fourth-order valence-corrected chi connectivity index (χ4v) is 1.14. The van der Waals surface area contributed by atoms with Gasteiger partial charge in [0.25, 0.3) is 0 Å². The van der Waals surface area contributed by atoms with Gasteiger partial charge in [0.1, 0.15) is 5.69 Å². The van der Waals surface area contributed by atoms with Gasteiger partial charge < -0.3 is 20.7 Å². The third-order valence-electron chi connectivity index (χ3n) is 1.81. The summed E-state index contributed by atoms with van der Waals surface area (Å²) in [6, 6.07) is 0. The summed E-state index contributed by atoms with van der Waals surface area (Å²) in [4.78, 5) is 19.8. The molecular formula is C8H13N5O2. The quantitative estimate of drug-likeness (QED) is 0.664. The normalized spacial score (nSPS) is 9.53. The number of ether oxygens (including phenoxy) is 1. The predicted molar refractivity (Wildman–Crippen MR) is 57.0 cm³/mol. The molecule has 0 aliphatic heterocycles. The van der Waals surface area contributed by atoms with E-state index < -0.39 is 0 Å². The number of nitrogens with one attached hydrogen (secondary N) is 1. The molecule has 0 saturated heterocycles. The zero-order chi connectivity index (χ0) is 11.4. The van der Waals surface area contributed by atoms with Gasteiger partial charge in [0.05, 0.1) is 7.11 Å². The minimum Gasteiger partial charge on any atom is -0.479 e. The van der Waals surface area contributed by atoms with Gasteiger partial charge >= 0.3 is 0 Å². The number of nitrogens with two attached hydrogens (primary N) is 1. The molecule has 1 amide bonds. The number of aromatic nitrogens is 2. The second-order valence-electron chi connectivity index (χ2n) is 2.75. The average molecular weight is 211 g/mol. The number of carbonyl (C=O) groups excluding carboxylic acids is 1. The van der Waals surface area contributed by atoms with Crippen molar-refractivity contribution in [3.8, 4) is 5.88 Å². The summed E-state index contributed by atoms with van der Waals surface area (Å²) in [5.41, 5.74) is 5.92. The molecule has 15 heavy (non-hydrogen) atoms. The summed E-state index contributed by atoms with van der Waals surface area (Å²) >= 11 is 0. The summed E-state index contributed by atoms with van der Waals surface area (Å²) in [5, 5.41) is 2.81. The van der Waals surface area contributed by atoms with Crippen LogP contribution in [0.1, 0.15) is 0 Å². The van der Waals surface area contributed by atoms with Crippen molar-refractivity contribution in [3.05, 3.63) is 0 Å². The van der Waals surface area contributed by atoms with Gasteiger partial charge in [-0.3, -0.25) is 4.79 Å². The Morgan fingerprint density at radius 1 is 1.53 bits per heavy atom. The molecule has 0 bridgehead atoms. The van der Waals surface area contributed by atoms with Gasteiger partial charge in [-0.05, 0) is 0 Å². The van der Waals surface area contributed by atoms with Crippen LogP contribution in [0.2, 0.25) is 0 Å². The molecule has 82 valence electrons. The molecule has 0 fully saturated rings. The van der Waals surface area contributed by atoms with Crippen LogP contribution >= 0.6 is 0 Å². The smallest absolute Gasteiger partial charge is 0.244 e. The monoisotopic (exact) mass is 211 g/mol. The van der Waals surface area contributed by atoms with E-state index in [0.717, 1.165) is 0 Å². The fraction of sp³-hybridized carbons (Fsp3) is 0.375. The molecular weight excluding hydrogens is 198 g/mol. The lowest BCUT2D eigenvalue weighted by Crippen LogP contribution is -2.18. The Morgan fingerprint density at radius 3 is 2.67 bits per heavy atom. The molecule has 0 spiro atoms. The highest BCUT2D eigenvalue weighted by Crippen LogP contribution is 2.31. The van der Waals surface area contributed by atoms with E-state index >= 15 is 0 Å². The number of methoxy groups -OCH3 is 1. The Bertz CT molecular complexity index is 343. The van der Waals surface area contributed by atoms with Crippen molar-refractivity contribution < 1.29 is 9.53 Å². The third kappa shape index (κ3) is 2.06. The van der Waals surface area contributed by atoms with E-state index in [-0.39, 0.29) is 11.8 Å². The van der Waals surface area contributed by atoms with Gasteiger partial charge in [0.15, 0.2) is 5.82 Å². The van der Waals surface area contributed by atoms with E-state index in [0.29, 0.717) is 17.9 Å². The maximum Gasteiger partial charge on any atom is 0.244 e. The second-order valence-corrected chi connectivity index (χ2v) is 2.75. The molecule has 0 saturated carbocycles. The molecule has 7 heteroatoms. The van der Waals surface area contributed by atoms with E-state index in [1.54, 1.807) is 14.1 Å². The van der Waals surface area contributed by atoms with Gasteiger partial charge in [0.2, 0.25) is 18.2 Å². The minimum atomic E-state index is 0.0826. The number of rotatable bonds is 4. The van der Waals surface area contributed by atoms with Crippen LogP contribution < -0.4 is 20.7 Å². The lowest BCUT2D eigenvalue weighted by atomic mass is 10.4. The highest BCUT2D eigenvalue weighted by Gasteiger charge is 2.16. The number of nitrogen functional groups attached to an aromatic ring is 1. The Kier molecular flexibility index (Phi) is 3.27. The molecule has 1 aromatic rings. The minimum absolute atomic E-state index is 0.0826. The SMILES string of the molecule is CNc1nc(N)nc(OC)c1N(C)C=O. The number of carbonyl (C=O) groups is 1. The summed E-state index contributed by atoms with van der Waals surface area (Å²) in [7, 11) is 4.69. The molecule has 0 aliphatic rings. The van der Waals surface area contributed by atoms with Crippen molar-refractivity contribution in [3.63, 3.8) is 0 Å². The van der Waals surface area contributed by atoms with Crippen molar-refractivity contribution in [1.29, 1.82) is 0 Å². The first-order valence-electron chi connectivity index (χ1n) is 4.21. The van der Waals surface area contributed by atoms with Crippen molar-refractivity contribution in [2.75, 3.05) is 37.2 Å². The van der Waals surface area contributed by atoms with Crippen LogP contribution in [-0.4, -0.2) is 37.6 Å². The molecule has 0 radical (unpaired) electrons. The first-order chi connectivity index (χ1) is 7.13. The van der Waals surface area contributed by atoms with E-state index in [9.17, 15) is 4.79 Å². The van der Waals surface area contributed by atoms with Crippen LogP contribution in [0.15, 0.2) is 0 Å². The summed E-state index contributed by atoms with van der Waals surface area (Å²) in [6.07, 6.45) is 0.637. The van der Waals surface area contributed by atoms with Crippen molar-refractivity contribution >= 4 is 23.9 Å². The molecule has 0 aromatic carbocycles. The summed E-state index contributed by atoms with van der Waals surface area (Å²) in [6.45, 7) is 0. The van der Waals surface area contributed by atoms with E-state index in [4.69, 9.17) is 10.5 Å². The van der Waals surface area contributed by atoms with Crippen LogP contribution in [0.25, 0.3) is 0 Å². The largest absolute Gasteiger partial charge is 0.479 e. The summed E-state index contributed by atoms with van der Waals surface area (Å²) < 4.78 is 5.02. The van der Waals surface area contributed by atoms with Crippen molar-refractivity contribution in [2.45, 2.75) is 0 Å². The first kappa shape index (κ1) is 11.0. The molecule has 3 N–H and O–H groups in total. The molecule has 1 heterocycles. The number of amides is 1. The molecule has 0 aliphatic carbocycles. The van der Waals surface area contributed by atoms with Gasteiger partial charge in [0, 0.05) is 14.1 Å². The number of nitrogens with zero attached hydrogens (tertiary/aromatic N) is 3. The molecule has 0 unspecified atom stereocenters. The molecule has 7 nitrogen and oxygen atoms in total. The van der Waals surface area contributed by atoms with Crippen LogP contribution in [0, 0.1) is 0 Å². The Labute approximate surface area is 87.3 Å². The van der Waals surface area contributed by atoms with E-state index in [1.165, 1.54) is 12.0 Å². The lowest BCUT2D eigenvalue weighted by molar-refractivity contribution is -0.107. The zero-order valence-electron chi connectivity index (χ0n) is 8.81. The van der Waals surface area contributed by atoms with E-state index in [2.05, 4.69) is 15.3 Å². The number of hydrogen-bond acceptors (Lipinski definition) is 6. The van der Waals surface area contributed by atoms with Gasteiger partial charge in [-0.25, -0.2) is 0 Å². The van der Waals surface area contributed by atoms with Crippen molar-refractivity contribution in [1.82, 2.24) is 9.97 Å². The lowest BCUT2D eigenvalue weighted by Gasteiger charge is -2.17. The van der Waals surface area contributed by atoms with E-state index in [1.807, 2.05) is 0 Å². The summed E-state index contributed by atoms with van der Waals surface area (Å²) in [5.74, 6) is 0.773. The van der Waals surface area contributed by atoms with Crippen LogP contribution in [-0.2, 0) is 4.79 Å². The Morgan fingerprint density at radius 2 is 2.20 bits per heavy atom. The van der Waals surface area contributed by atoms with Gasteiger partial charge in [-0.15, -0.1) is 0 Å². The fourth-order valence-electron chi connectivity index (χ4n) is 1.14. The highest BCUT2D eigenvalue weighted by molar-refractivity contribution is 5.84. The topological polar surface area (TPSA) is 93.4 Å². The molecule has 0 atom stereocenters. The van der Waals surface area contributed by atoms with Gasteiger partial charge in [-0.1, -0.05) is 0 Å². The van der Waals surface area contributed by atoms with Crippen molar-refractivity contribution in [2.24, 2.45) is 0 Å². The van der Waals surface area contributed by atoms with Crippen LogP contribution in [0.5, 0.6) is 5.88 Å². The molecule has 1 aromatic heterocycles. The molecule has 1 rings (SSSR count). The predicted octanol–water partition coefficient (Wildman–Crippen LogP) is -0.298. The third-order valence-corrected chi connectivity index (χ3v) is 1.81. The first-order valence-corrected chi connectivity index (χ1v) is 4.21. The number of anilines is 3. The van der Waals surface area contributed by atoms with Crippen LogP contribution in [0.3, 0.4) is 0 Å². The standard InChI is InChI=1S/C8H13N5O2/c1-10-6-5(13(2)4-14)7(15-3)12-8(9)11-6/h4H,1-3H3,(H3,9,10,11,12). The Hall–Kier alpha value is -2.05. The zero-order valence-corrected chi connectivity index (χ0v) is 8.81. The highest BCUT2D eigenvalue weighted by atomic mass is 16.5. The maximum atomic E-state index is 10.7. The number of hydrogen-bond donors (Lipinski definition) is 2. The second kappa shape index (κ2) is 4.45. The average Bonchev–Trinajstić information content (AvgIpc) is 2.26. The maximum absolute atomic E-state index is 10.7.